The van der Waals surface area contributed by atoms with Crippen molar-refractivity contribution in [2.75, 3.05) is 6.61 Å². The van der Waals surface area contributed by atoms with Gasteiger partial charge in [0.1, 0.15) is 11.9 Å². The molecule has 0 spiro atoms. The van der Waals surface area contributed by atoms with Crippen LogP contribution in [0.4, 0.5) is 0 Å². The number of aliphatic hydroxyl groups excluding tert-OH is 1. The van der Waals surface area contributed by atoms with E-state index in [0.29, 0.717) is 6.61 Å². The van der Waals surface area contributed by atoms with E-state index in [-0.39, 0.29) is 5.92 Å². The van der Waals surface area contributed by atoms with Crippen LogP contribution in [0.15, 0.2) is 42.6 Å². The van der Waals surface area contributed by atoms with Crippen LogP contribution in [0, 0.1) is 6.92 Å². The second-order valence-corrected chi connectivity index (χ2v) is 10.9. The van der Waals surface area contributed by atoms with Crippen LogP contribution in [0.3, 0.4) is 0 Å². The van der Waals surface area contributed by atoms with Crippen molar-refractivity contribution in [2.45, 2.75) is 71.9 Å². The molecule has 2 aromatic heterocycles. The molecule has 0 saturated carbocycles. The summed E-state index contributed by atoms with van der Waals surface area (Å²) in [6.07, 6.45) is -0.0106. The van der Waals surface area contributed by atoms with Crippen LogP contribution < -0.4 is 4.74 Å². The summed E-state index contributed by atoms with van der Waals surface area (Å²) < 4.78 is 12.2. The van der Waals surface area contributed by atoms with Crippen molar-refractivity contribution >= 4 is 21.8 Å². The van der Waals surface area contributed by atoms with Crippen LogP contribution in [0.25, 0.3) is 32.9 Å². The Labute approximate surface area is 211 Å². The zero-order valence-electron chi connectivity index (χ0n) is 21.8. The second kappa shape index (κ2) is 9.11. The van der Waals surface area contributed by atoms with E-state index in [4.69, 9.17) is 19.4 Å². The van der Waals surface area contributed by atoms with Gasteiger partial charge >= 0.3 is 0 Å². The molecule has 188 valence electrons. The van der Waals surface area contributed by atoms with Crippen molar-refractivity contribution in [1.82, 2.24) is 9.97 Å². The molecule has 4 aromatic rings. The number of ether oxygens (including phenoxy) is 2. The quantitative estimate of drug-likeness (QED) is 0.338. The number of hydrogen-bond acceptors (Lipinski definition) is 6. The number of pyridine rings is 2. The first-order valence-corrected chi connectivity index (χ1v) is 12.6. The first-order valence-electron chi connectivity index (χ1n) is 12.6. The van der Waals surface area contributed by atoms with Crippen LogP contribution in [-0.4, -0.2) is 38.7 Å². The number of fused-ring (bicyclic) bond motifs is 1. The third kappa shape index (κ3) is 4.34. The maximum Gasteiger partial charge on any atom is 0.182 e. The Balaban J connectivity index is 1.90. The number of rotatable bonds is 5. The number of hydrogen-bond donors (Lipinski definition) is 2. The SMILES string of the molecule is Cc1cc2nc(C(C)C)ccc2c(-c2ccc3c4c(ccnc24)CCO3)c1C(OC(C)(C)C)C(O)O. The summed E-state index contributed by atoms with van der Waals surface area (Å²) >= 11 is 0. The normalized spacial score (nSPS) is 14.6. The Kier molecular flexibility index (Phi) is 6.23. The molecule has 2 aromatic carbocycles. The molecule has 6 nitrogen and oxygen atoms in total. The van der Waals surface area contributed by atoms with Crippen molar-refractivity contribution in [3.8, 4) is 16.9 Å². The summed E-state index contributed by atoms with van der Waals surface area (Å²) in [6.45, 7) is 12.6. The molecule has 5 rings (SSSR count). The summed E-state index contributed by atoms with van der Waals surface area (Å²) in [5.74, 6) is 1.11. The van der Waals surface area contributed by atoms with E-state index in [2.05, 4.69) is 19.9 Å². The van der Waals surface area contributed by atoms with Crippen molar-refractivity contribution in [1.29, 1.82) is 0 Å². The highest BCUT2D eigenvalue weighted by Crippen LogP contribution is 2.45. The number of nitrogens with zero attached hydrogens (tertiary/aromatic N) is 2. The summed E-state index contributed by atoms with van der Waals surface area (Å²) in [4.78, 5) is 9.77. The van der Waals surface area contributed by atoms with Crippen molar-refractivity contribution < 1.29 is 19.7 Å². The van der Waals surface area contributed by atoms with Crippen LogP contribution in [-0.2, 0) is 11.2 Å². The van der Waals surface area contributed by atoms with Gasteiger partial charge in [-0.2, -0.15) is 0 Å². The molecule has 0 aliphatic carbocycles. The molecule has 0 radical (unpaired) electrons. The van der Waals surface area contributed by atoms with E-state index in [0.717, 1.165) is 61.9 Å². The molecule has 2 N–H and O–H groups in total. The van der Waals surface area contributed by atoms with Gasteiger partial charge in [0.25, 0.3) is 0 Å². The fourth-order valence-corrected chi connectivity index (χ4v) is 5.17. The number of aliphatic hydroxyl groups is 2. The minimum atomic E-state index is -1.71. The monoisotopic (exact) mass is 486 g/mol. The molecule has 0 amide bonds. The number of benzene rings is 2. The minimum Gasteiger partial charge on any atom is -0.493 e. The zero-order chi connectivity index (χ0) is 25.8. The molecule has 1 atom stereocenters. The predicted molar refractivity (Wildman–Crippen MR) is 142 cm³/mol. The second-order valence-electron chi connectivity index (χ2n) is 10.9. The van der Waals surface area contributed by atoms with Gasteiger partial charge in [0, 0.05) is 34.6 Å². The predicted octanol–water partition coefficient (Wildman–Crippen LogP) is 5.98. The lowest BCUT2D eigenvalue weighted by molar-refractivity contribution is -0.185. The van der Waals surface area contributed by atoms with E-state index in [1.807, 2.05) is 64.2 Å². The number of aromatic nitrogens is 2. The molecule has 1 aliphatic rings. The van der Waals surface area contributed by atoms with Gasteiger partial charge in [0.2, 0.25) is 0 Å². The molecule has 3 heterocycles. The number of aryl methyl sites for hydroxylation is 1. The maximum absolute atomic E-state index is 10.5. The largest absolute Gasteiger partial charge is 0.493 e. The van der Waals surface area contributed by atoms with Gasteiger partial charge in [-0.25, -0.2) is 0 Å². The summed E-state index contributed by atoms with van der Waals surface area (Å²) in [6, 6.07) is 12.2. The average molecular weight is 487 g/mol. The van der Waals surface area contributed by atoms with Crippen molar-refractivity contribution in [2.24, 2.45) is 0 Å². The molecule has 1 unspecified atom stereocenters. The minimum absolute atomic E-state index is 0.286. The molecule has 0 bridgehead atoms. The molecule has 0 saturated heterocycles. The van der Waals surface area contributed by atoms with Crippen LogP contribution >= 0.6 is 0 Å². The van der Waals surface area contributed by atoms with E-state index in [9.17, 15) is 10.2 Å². The smallest absolute Gasteiger partial charge is 0.182 e. The Morgan fingerprint density at radius 1 is 1.06 bits per heavy atom. The standard InChI is InChI=1S/C30H34N2O4/c1-16(2)21-9-7-19-22(32-21)15-17(3)24(28(29(33)34)36-30(4,5)6)26(19)20-8-10-23-25-18(12-14-35-23)11-13-31-27(20)25/h7-11,13,15-16,28-29,33-34H,12,14H2,1-6H3. The fraction of sp³-hybridized carbons (Fsp3) is 0.400. The van der Waals surface area contributed by atoms with Gasteiger partial charge in [0.15, 0.2) is 6.29 Å². The Bertz CT molecular complexity index is 1440. The van der Waals surface area contributed by atoms with E-state index >= 15 is 0 Å². The lowest BCUT2D eigenvalue weighted by Crippen LogP contribution is -2.30. The van der Waals surface area contributed by atoms with Crippen molar-refractivity contribution in [3.05, 3.63) is 65.0 Å². The van der Waals surface area contributed by atoms with Crippen LogP contribution in [0.1, 0.15) is 69.0 Å². The Morgan fingerprint density at radius 3 is 2.53 bits per heavy atom. The van der Waals surface area contributed by atoms with Gasteiger partial charge in [0.05, 0.1) is 23.2 Å². The lowest BCUT2D eigenvalue weighted by atomic mass is 9.86. The Hall–Kier alpha value is -3.06. The van der Waals surface area contributed by atoms with Gasteiger partial charge in [-0.05, 0) is 86.2 Å². The van der Waals surface area contributed by atoms with Gasteiger partial charge < -0.3 is 19.7 Å². The van der Waals surface area contributed by atoms with Gasteiger partial charge in [-0.15, -0.1) is 0 Å². The highest BCUT2D eigenvalue weighted by molar-refractivity contribution is 6.07. The van der Waals surface area contributed by atoms with Crippen molar-refractivity contribution in [3.63, 3.8) is 0 Å². The van der Waals surface area contributed by atoms with E-state index in [1.54, 1.807) is 0 Å². The van der Waals surface area contributed by atoms with Gasteiger partial charge in [-0.3, -0.25) is 9.97 Å². The fourth-order valence-electron chi connectivity index (χ4n) is 5.17. The van der Waals surface area contributed by atoms with Crippen LogP contribution in [0.5, 0.6) is 5.75 Å². The van der Waals surface area contributed by atoms with E-state index in [1.165, 1.54) is 5.56 Å². The maximum atomic E-state index is 10.5. The highest BCUT2D eigenvalue weighted by atomic mass is 16.6. The van der Waals surface area contributed by atoms with Crippen LogP contribution in [0.2, 0.25) is 0 Å². The molecular formula is C30H34N2O4. The van der Waals surface area contributed by atoms with Gasteiger partial charge in [-0.1, -0.05) is 19.9 Å². The Morgan fingerprint density at radius 2 is 1.83 bits per heavy atom. The molecule has 1 aliphatic heterocycles. The topological polar surface area (TPSA) is 84.7 Å². The summed E-state index contributed by atoms with van der Waals surface area (Å²) in [5, 5.41) is 23.0. The third-order valence-electron chi connectivity index (χ3n) is 6.73. The molecule has 6 heteroatoms. The average Bonchev–Trinajstić information content (AvgIpc) is 2.81. The first kappa shape index (κ1) is 24.6. The molecule has 0 fully saturated rings. The summed E-state index contributed by atoms with van der Waals surface area (Å²) in [7, 11) is 0. The third-order valence-corrected chi connectivity index (χ3v) is 6.73. The van der Waals surface area contributed by atoms with E-state index < -0.39 is 18.0 Å². The highest BCUT2D eigenvalue weighted by Gasteiger charge is 2.32. The lowest BCUT2D eigenvalue weighted by Gasteiger charge is -2.32. The zero-order valence-corrected chi connectivity index (χ0v) is 21.8. The first-order chi connectivity index (χ1) is 17.0. The molecular weight excluding hydrogens is 452 g/mol. The molecule has 36 heavy (non-hydrogen) atoms. The summed E-state index contributed by atoms with van der Waals surface area (Å²) in [5.41, 5.74) is 6.66.